The maximum absolute atomic E-state index is 6.24. The van der Waals surface area contributed by atoms with Crippen LogP contribution in [0.5, 0.6) is 0 Å². The highest BCUT2D eigenvalue weighted by Crippen LogP contribution is 2.44. The van der Waals surface area contributed by atoms with Crippen LogP contribution >= 0.6 is 11.6 Å². The van der Waals surface area contributed by atoms with E-state index in [4.69, 9.17) is 30.4 Å². The predicted molar refractivity (Wildman–Crippen MR) is 458 cm³/mol. The molecule has 1 aliphatic carbocycles. The number of rotatable bonds is 7. The van der Waals surface area contributed by atoms with E-state index in [-0.39, 0.29) is 0 Å². The molecule has 0 N–H and O–H groups in total. The molecule has 9 nitrogen and oxygen atoms in total. The van der Waals surface area contributed by atoms with E-state index in [9.17, 15) is 0 Å². The molecule has 0 amide bonds. The molecule has 0 spiro atoms. The molecule has 1 aliphatic rings. The van der Waals surface area contributed by atoms with Gasteiger partial charge in [-0.15, -0.1) is 0 Å². The number of furan rings is 2. The van der Waals surface area contributed by atoms with Gasteiger partial charge in [0.15, 0.2) is 0 Å². The minimum absolute atomic E-state index is 0.547. The van der Waals surface area contributed by atoms with Crippen molar-refractivity contribution in [1.82, 2.24) is 33.6 Å². The van der Waals surface area contributed by atoms with Gasteiger partial charge in [0.2, 0.25) is 11.4 Å². The van der Waals surface area contributed by atoms with Gasteiger partial charge in [0, 0.05) is 65.5 Å². The maximum atomic E-state index is 6.24. The van der Waals surface area contributed by atoms with Gasteiger partial charge in [0.05, 0.1) is 67.7 Å². The van der Waals surface area contributed by atoms with E-state index in [2.05, 4.69) is 321 Å². The first-order valence-electron chi connectivity index (χ1n) is 37.4. The average Bonchev–Trinajstić information content (AvgIpc) is 1.61. The van der Waals surface area contributed by atoms with Crippen LogP contribution in [0.1, 0.15) is 11.1 Å². The zero-order chi connectivity index (χ0) is 73.2. The lowest BCUT2D eigenvalue weighted by Gasteiger charge is -2.11. The Labute approximate surface area is 641 Å². The number of halogens is 1. The fourth-order valence-corrected chi connectivity index (χ4v) is 17.2. The first-order chi connectivity index (χ1) is 54.9. The second-order valence-corrected chi connectivity index (χ2v) is 29.0. The normalized spacial score (nSPS) is 12.0. The highest BCUT2D eigenvalue weighted by molar-refractivity contribution is 6.30. The molecule has 23 aromatic rings. The molecule has 0 fully saturated rings. The van der Waals surface area contributed by atoms with E-state index >= 15 is 0 Å². The van der Waals surface area contributed by atoms with Crippen molar-refractivity contribution in [3.05, 3.63) is 380 Å². The molecule has 0 unspecified atom stereocenters. The summed E-state index contributed by atoms with van der Waals surface area (Å²) in [6, 6.07) is 125. The van der Waals surface area contributed by atoms with Gasteiger partial charge in [-0.1, -0.05) is 254 Å². The van der Waals surface area contributed by atoms with Crippen molar-refractivity contribution in [1.29, 1.82) is 0 Å². The quantitative estimate of drug-likeness (QED) is 0.158. The Bertz CT molecular complexity index is 7680. The minimum atomic E-state index is 0.547. The Hall–Kier alpha value is -14.5. The van der Waals surface area contributed by atoms with Crippen molar-refractivity contribution < 1.29 is 8.83 Å². The molecule has 0 atom stereocenters. The first-order valence-corrected chi connectivity index (χ1v) is 37.7. The molecule has 7 heterocycles. The monoisotopic (exact) mass is 1440 g/mol. The van der Waals surface area contributed by atoms with Gasteiger partial charge in [-0.05, 0) is 182 Å². The van der Waals surface area contributed by atoms with E-state index in [1.165, 1.54) is 110 Å². The van der Waals surface area contributed by atoms with Crippen LogP contribution in [0, 0.1) is 0 Å². The van der Waals surface area contributed by atoms with Gasteiger partial charge in [0.25, 0.3) is 0 Å². The van der Waals surface area contributed by atoms with E-state index in [0.29, 0.717) is 16.4 Å². The van der Waals surface area contributed by atoms with Gasteiger partial charge in [-0.25, -0.2) is 19.9 Å². The summed E-state index contributed by atoms with van der Waals surface area (Å²) in [6.45, 7) is 0. The third-order valence-corrected chi connectivity index (χ3v) is 22.5. The Balaban J connectivity index is 0.000000114. The zero-order valence-corrected chi connectivity index (χ0v) is 60.4. The van der Waals surface area contributed by atoms with Crippen LogP contribution in [-0.4, -0.2) is 33.6 Å². The van der Waals surface area contributed by atoms with Crippen LogP contribution in [0.15, 0.2) is 373 Å². The van der Waals surface area contributed by atoms with Crippen LogP contribution in [0.4, 0.5) is 0 Å². The smallest absolute Gasteiger partial charge is 0.246 e. The van der Waals surface area contributed by atoms with Crippen LogP contribution in [0.2, 0.25) is 5.02 Å². The van der Waals surface area contributed by atoms with Gasteiger partial charge < -0.3 is 22.5 Å². The highest BCUT2D eigenvalue weighted by Gasteiger charge is 2.23. The molecule has 0 bridgehead atoms. The van der Waals surface area contributed by atoms with E-state index in [1.807, 2.05) is 60.8 Å². The molecule has 10 heteroatoms. The number of hydrogen-bond donors (Lipinski definition) is 0. The number of aromatic nitrogens is 7. The summed E-state index contributed by atoms with van der Waals surface area (Å²) in [4.78, 5) is 19.1. The van der Waals surface area contributed by atoms with Crippen molar-refractivity contribution in [2.24, 2.45) is 0 Å². The van der Waals surface area contributed by atoms with E-state index in [1.54, 1.807) is 6.20 Å². The molecular formula is C101H62ClN7O2. The Morgan fingerprint density at radius 1 is 0.270 bits per heavy atom. The van der Waals surface area contributed by atoms with Crippen LogP contribution in [0.25, 0.3) is 204 Å². The molecule has 0 saturated carbocycles. The van der Waals surface area contributed by atoms with E-state index in [0.717, 1.165) is 100 Å². The van der Waals surface area contributed by atoms with Gasteiger partial charge in [0.1, 0.15) is 22.2 Å². The third-order valence-electron chi connectivity index (χ3n) is 22.2. The lowest BCUT2D eigenvalue weighted by Crippen LogP contribution is -1.95. The summed E-state index contributed by atoms with van der Waals surface area (Å²) in [7, 11) is 0. The SMILES string of the molecule is Clc1ccc(-c2cnc3c(n2)oc2ccc4ccccc4c23)cc1.c1ccc(-n2c3ccccc3c3cc(-c4ccc5c(c4)Cc4ccccc4-5)ccc32)cc1.c1ccc(-n2c3ccccc3c3cc(-c4ccc5c6ccccc6n(-c6ccc(-c7cnc8c(n7)oc7ccc9ccccc9c78)cc6)c5c4)ccc32)cc1. The van der Waals surface area contributed by atoms with Crippen LogP contribution < -0.4 is 0 Å². The standard InChI is InChI=1S/C50H30N4O.C31H21N.C20H11ClN2O/c1-2-11-35(12-3-1)53-44-17-9-7-15-39(44)41-28-33(21-26-45(41)53)34-20-25-40-38-14-6-8-16-43(38)54(46(40)29-34)36-23-18-32(19-24-36)42-30-51-49-48-37-13-5-4-10-31(37)22-27-47(48)55-50(49)52-42;1-2-9-25(10-3-1)32-30-13-7-6-12-28(30)29-20-22(15-17-31(29)32)21-14-16-27-24(18-21)19-23-8-4-5-11-26(23)27;21-14-8-5-13(6-9-14)16-11-22-19-18-15-4-2-1-3-12(15)7-10-17(18)24-20(19)23-16/h1-30H;1-18,20H,19H2;1-11H. The summed E-state index contributed by atoms with van der Waals surface area (Å²) < 4.78 is 19.3. The lowest BCUT2D eigenvalue weighted by molar-refractivity contribution is 0.653. The number of fused-ring (bicyclic) bond motifs is 22. The van der Waals surface area contributed by atoms with E-state index < -0.39 is 0 Å². The second kappa shape index (κ2) is 25.9. The number of para-hydroxylation sites is 5. The number of nitrogens with zero attached hydrogens (tertiary/aromatic N) is 7. The Morgan fingerprint density at radius 2 is 0.658 bits per heavy atom. The maximum Gasteiger partial charge on any atom is 0.246 e. The van der Waals surface area contributed by atoms with Crippen molar-refractivity contribution in [3.8, 4) is 73.0 Å². The van der Waals surface area contributed by atoms with Gasteiger partial charge in [-0.2, -0.15) is 0 Å². The second-order valence-electron chi connectivity index (χ2n) is 28.5. The summed E-state index contributed by atoms with van der Waals surface area (Å²) in [5.41, 5.74) is 29.0. The molecule has 24 rings (SSSR count). The number of hydrogen-bond acceptors (Lipinski definition) is 6. The van der Waals surface area contributed by atoms with Crippen molar-refractivity contribution in [2.45, 2.75) is 6.42 Å². The molecule has 520 valence electrons. The summed E-state index contributed by atoms with van der Waals surface area (Å²) in [5.74, 6) is 0. The molecule has 16 aromatic carbocycles. The summed E-state index contributed by atoms with van der Waals surface area (Å²) in [5, 5.41) is 14.8. The topological polar surface area (TPSA) is 92.6 Å². The third kappa shape index (κ3) is 10.7. The molecule has 0 saturated heterocycles. The Kier molecular flexibility index (Phi) is 14.9. The van der Waals surface area contributed by atoms with Gasteiger partial charge in [-0.3, -0.25) is 0 Å². The lowest BCUT2D eigenvalue weighted by atomic mass is 9.98. The minimum Gasteiger partial charge on any atom is -0.436 e. The van der Waals surface area contributed by atoms with Gasteiger partial charge >= 0.3 is 0 Å². The number of benzene rings is 16. The highest BCUT2D eigenvalue weighted by atomic mass is 35.5. The molecule has 0 radical (unpaired) electrons. The van der Waals surface area contributed by atoms with Crippen molar-refractivity contribution >= 4 is 143 Å². The van der Waals surface area contributed by atoms with Crippen LogP contribution in [0.3, 0.4) is 0 Å². The van der Waals surface area contributed by atoms with Crippen LogP contribution in [-0.2, 0) is 6.42 Å². The predicted octanol–water partition coefficient (Wildman–Crippen LogP) is 26.9. The molecule has 111 heavy (non-hydrogen) atoms. The summed E-state index contributed by atoms with van der Waals surface area (Å²) >= 11 is 5.95. The summed E-state index contributed by atoms with van der Waals surface area (Å²) in [6.07, 6.45) is 4.66. The molecule has 7 aromatic heterocycles. The largest absolute Gasteiger partial charge is 0.436 e. The fourth-order valence-electron chi connectivity index (χ4n) is 17.0. The van der Waals surface area contributed by atoms with Crippen molar-refractivity contribution in [2.75, 3.05) is 0 Å². The fraction of sp³-hybridized carbons (Fsp3) is 0.00990. The molecular weight excluding hydrogens is 1380 g/mol. The van der Waals surface area contributed by atoms with Crippen molar-refractivity contribution in [3.63, 3.8) is 0 Å². The average molecular weight is 1440 g/mol. The molecule has 0 aliphatic heterocycles. The first kappa shape index (κ1) is 63.7. The zero-order valence-electron chi connectivity index (χ0n) is 59.7. The Morgan fingerprint density at radius 3 is 1.21 bits per heavy atom.